The Morgan fingerprint density at radius 3 is 2.50 bits per heavy atom. The SMILES string of the molecule is COc1cccc(N2C[C@@H](C(=O)Nc3ccc(Oc4cccc5ccccc45)cc3)CC2=O)c1. The number of methoxy groups -OCH3 is 1. The lowest BCUT2D eigenvalue weighted by molar-refractivity contribution is -0.122. The van der Waals surface area contributed by atoms with Crippen molar-refractivity contribution in [3.63, 3.8) is 0 Å². The summed E-state index contributed by atoms with van der Waals surface area (Å²) in [6.45, 7) is 0.333. The lowest BCUT2D eigenvalue weighted by atomic mass is 10.1. The number of hydrogen-bond donors (Lipinski definition) is 1. The predicted octanol–water partition coefficient (Wildman–Crippen LogP) is 5.63. The van der Waals surface area contributed by atoms with Crippen LogP contribution >= 0.6 is 0 Å². The molecule has 4 aromatic carbocycles. The molecule has 0 unspecified atom stereocenters. The number of hydrogen-bond acceptors (Lipinski definition) is 4. The molecule has 170 valence electrons. The van der Waals surface area contributed by atoms with Crippen LogP contribution in [0.15, 0.2) is 91.0 Å². The molecule has 1 heterocycles. The van der Waals surface area contributed by atoms with E-state index in [0.717, 1.165) is 22.2 Å². The van der Waals surface area contributed by atoms with E-state index in [0.29, 0.717) is 23.7 Å². The molecule has 0 saturated carbocycles. The minimum atomic E-state index is -0.426. The van der Waals surface area contributed by atoms with Crippen LogP contribution in [-0.4, -0.2) is 25.5 Å². The van der Waals surface area contributed by atoms with E-state index in [1.54, 1.807) is 30.2 Å². The first kappa shape index (κ1) is 21.5. The van der Waals surface area contributed by atoms with Gasteiger partial charge in [0.05, 0.1) is 13.0 Å². The number of amides is 2. The average Bonchev–Trinajstić information content (AvgIpc) is 3.27. The zero-order valence-electron chi connectivity index (χ0n) is 18.7. The maximum atomic E-state index is 12.8. The fourth-order valence-electron chi connectivity index (χ4n) is 4.17. The average molecular weight is 453 g/mol. The van der Waals surface area contributed by atoms with Crippen molar-refractivity contribution in [2.45, 2.75) is 6.42 Å². The van der Waals surface area contributed by atoms with Gasteiger partial charge in [-0.3, -0.25) is 9.59 Å². The standard InChI is InChI=1S/C28H24N2O4/c1-33-24-9-5-8-22(17-24)30-18-20(16-27(30)31)28(32)29-21-12-14-23(15-13-21)34-26-11-4-7-19-6-2-3-10-25(19)26/h2-15,17,20H,16,18H2,1H3,(H,29,32)/t20-/m0/s1. The highest BCUT2D eigenvalue weighted by Gasteiger charge is 2.35. The van der Waals surface area contributed by atoms with Crippen LogP contribution in [0.2, 0.25) is 0 Å². The second-order valence-corrected chi connectivity index (χ2v) is 8.20. The zero-order valence-corrected chi connectivity index (χ0v) is 18.7. The van der Waals surface area contributed by atoms with Gasteiger partial charge in [0.15, 0.2) is 0 Å². The molecule has 6 nitrogen and oxygen atoms in total. The summed E-state index contributed by atoms with van der Waals surface area (Å²) < 4.78 is 11.3. The first-order valence-corrected chi connectivity index (χ1v) is 11.1. The molecule has 1 fully saturated rings. The van der Waals surface area contributed by atoms with E-state index in [1.165, 1.54) is 0 Å². The van der Waals surface area contributed by atoms with Crippen molar-refractivity contribution < 1.29 is 19.1 Å². The molecule has 0 spiro atoms. The highest BCUT2D eigenvalue weighted by molar-refractivity contribution is 6.03. The van der Waals surface area contributed by atoms with Crippen LogP contribution in [0, 0.1) is 5.92 Å². The number of benzene rings is 4. The molecule has 0 aliphatic carbocycles. The molecular formula is C28H24N2O4. The van der Waals surface area contributed by atoms with E-state index >= 15 is 0 Å². The maximum absolute atomic E-state index is 12.8. The third-order valence-corrected chi connectivity index (χ3v) is 5.96. The Labute approximate surface area is 197 Å². The number of ether oxygens (including phenoxy) is 2. The Morgan fingerprint density at radius 2 is 1.68 bits per heavy atom. The van der Waals surface area contributed by atoms with Gasteiger partial charge in [-0.2, -0.15) is 0 Å². The second kappa shape index (κ2) is 9.27. The Bertz CT molecular complexity index is 1340. The van der Waals surface area contributed by atoms with E-state index in [9.17, 15) is 9.59 Å². The molecule has 6 heteroatoms. The van der Waals surface area contributed by atoms with Gasteiger partial charge in [-0.1, -0.05) is 42.5 Å². The fraction of sp³-hybridized carbons (Fsp3) is 0.143. The Hall–Kier alpha value is -4.32. The molecule has 0 aromatic heterocycles. The molecule has 5 rings (SSSR count). The number of nitrogens with one attached hydrogen (secondary N) is 1. The van der Waals surface area contributed by atoms with Crippen molar-refractivity contribution >= 4 is 34.0 Å². The number of carbonyl (C=O) groups is 2. The van der Waals surface area contributed by atoms with Crippen molar-refractivity contribution in [2.24, 2.45) is 5.92 Å². The molecule has 34 heavy (non-hydrogen) atoms. The van der Waals surface area contributed by atoms with E-state index in [1.807, 2.05) is 72.8 Å². The summed E-state index contributed by atoms with van der Waals surface area (Å²) in [5, 5.41) is 5.07. The van der Waals surface area contributed by atoms with Crippen molar-refractivity contribution in [3.8, 4) is 17.2 Å². The Balaban J connectivity index is 1.23. The summed E-state index contributed by atoms with van der Waals surface area (Å²) in [4.78, 5) is 27.0. The number of fused-ring (bicyclic) bond motifs is 1. The van der Waals surface area contributed by atoms with Gasteiger partial charge in [-0.25, -0.2) is 0 Å². The molecular weight excluding hydrogens is 428 g/mol. The topological polar surface area (TPSA) is 67.9 Å². The van der Waals surface area contributed by atoms with Crippen molar-refractivity contribution in [1.29, 1.82) is 0 Å². The van der Waals surface area contributed by atoms with Crippen molar-refractivity contribution in [1.82, 2.24) is 0 Å². The molecule has 2 amide bonds. The summed E-state index contributed by atoms with van der Waals surface area (Å²) in [5.41, 5.74) is 1.39. The van der Waals surface area contributed by atoms with Crippen LogP contribution in [0.3, 0.4) is 0 Å². The first-order valence-electron chi connectivity index (χ1n) is 11.1. The third-order valence-electron chi connectivity index (χ3n) is 5.96. The van der Waals surface area contributed by atoms with Gasteiger partial charge in [-0.05, 0) is 47.9 Å². The normalized spacial score (nSPS) is 15.4. The fourth-order valence-corrected chi connectivity index (χ4v) is 4.17. The summed E-state index contributed by atoms with van der Waals surface area (Å²) in [6.07, 6.45) is 0.172. The van der Waals surface area contributed by atoms with Gasteiger partial charge in [-0.15, -0.1) is 0 Å². The lowest BCUT2D eigenvalue weighted by Crippen LogP contribution is -2.28. The van der Waals surface area contributed by atoms with Gasteiger partial charge >= 0.3 is 0 Å². The highest BCUT2D eigenvalue weighted by Crippen LogP contribution is 2.31. The van der Waals surface area contributed by atoms with Gasteiger partial charge in [0.1, 0.15) is 17.2 Å². The summed E-state index contributed by atoms with van der Waals surface area (Å²) in [7, 11) is 1.58. The molecule has 0 radical (unpaired) electrons. The number of rotatable bonds is 6. The minimum Gasteiger partial charge on any atom is -0.497 e. The van der Waals surface area contributed by atoms with Crippen LogP contribution in [0.1, 0.15) is 6.42 Å². The zero-order chi connectivity index (χ0) is 23.5. The first-order chi connectivity index (χ1) is 16.6. The van der Waals surface area contributed by atoms with E-state index in [-0.39, 0.29) is 18.2 Å². The van der Waals surface area contributed by atoms with E-state index < -0.39 is 5.92 Å². The molecule has 1 N–H and O–H groups in total. The Morgan fingerprint density at radius 1 is 0.912 bits per heavy atom. The monoisotopic (exact) mass is 452 g/mol. The molecule has 1 atom stereocenters. The van der Waals surface area contributed by atoms with E-state index in [4.69, 9.17) is 9.47 Å². The van der Waals surface area contributed by atoms with Crippen LogP contribution in [0.5, 0.6) is 17.2 Å². The van der Waals surface area contributed by atoms with Gasteiger partial charge < -0.3 is 19.7 Å². The van der Waals surface area contributed by atoms with Crippen LogP contribution in [0.25, 0.3) is 10.8 Å². The van der Waals surface area contributed by atoms with Gasteiger partial charge in [0.25, 0.3) is 0 Å². The predicted molar refractivity (Wildman–Crippen MR) is 133 cm³/mol. The largest absolute Gasteiger partial charge is 0.497 e. The minimum absolute atomic E-state index is 0.0766. The smallest absolute Gasteiger partial charge is 0.229 e. The van der Waals surface area contributed by atoms with Crippen LogP contribution in [-0.2, 0) is 9.59 Å². The number of carbonyl (C=O) groups excluding carboxylic acids is 2. The summed E-state index contributed by atoms with van der Waals surface area (Å²) in [5.74, 6) is 1.44. The maximum Gasteiger partial charge on any atom is 0.229 e. The Kier molecular flexibility index (Phi) is 5.87. The third kappa shape index (κ3) is 4.43. The number of nitrogens with zero attached hydrogens (tertiary/aromatic N) is 1. The summed E-state index contributed by atoms with van der Waals surface area (Å²) >= 11 is 0. The highest BCUT2D eigenvalue weighted by atomic mass is 16.5. The van der Waals surface area contributed by atoms with Gasteiger partial charge in [0.2, 0.25) is 11.8 Å². The second-order valence-electron chi connectivity index (χ2n) is 8.20. The lowest BCUT2D eigenvalue weighted by Gasteiger charge is -2.17. The molecule has 4 aromatic rings. The van der Waals surface area contributed by atoms with E-state index in [2.05, 4.69) is 5.32 Å². The molecule has 0 bridgehead atoms. The van der Waals surface area contributed by atoms with Gasteiger partial charge in [0, 0.05) is 35.8 Å². The van der Waals surface area contributed by atoms with Crippen LogP contribution in [0.4, 0.5) is 11.4 Å². The number of anilines is 2. The summed E-state index contributed by atoms with van der Waals surface area (Å²) in [6, 6.07) is 28.5. The quantitative estimate of drug-likeness (QED) is 0.412. The van der Waals surface area contributed by atoms with Crippen molar-refractivity contribution in [2.75, 3.05) is 23.9 Å². The van der Waals surface area contributed by atoms with Crippen LogP contribution < -0.4 is 19.7 Å². The van der Waals surface area contributed by atoms with Crippen molar-refractivity contribution in [3.05, 3.63) is 91.0 Å². The molecule has 1 aliphatic rings. The molecule has 1 aliphatic heterocycles. The molecule has 1 saturated heterocycles.